The molecule has 0 unspecified atom stereocenters. The number of phosphoric acid groups is 1. The first-order valence-corrected chi connectivity index (χ1v) is 14.7. The fraction of sp³-hybridized carbons (Fsp3) is 0. The summed E-state index contributed by atoms with van der Waals surface area (Å²) in [6, 6.07) is 55.9. The Labute approximate surface area is 246 Å². The van der Waals surface area contributed by atoms with Gasteiger partial charge in [-0.25, -0.2) is 0 Å². The number of hydrogen-bond acceptors (Lipinski definition) is 5. The van der Waals surface area contributed by atoms with Crippen molar-refractivity contribution in [1.82, 2.24) is 0 Å². The number of phenolic OH excluding ortho intramolecular Hbond substituents is 1. The fourth-order valence-corrected chi connectivity index (χ4v) is 4.83. The van der Waals surface area contributed by atoms with Gasteiger partial charge in [-0.05, 0) is 59.7 Å². The van der Waals surface area contributed by atoms with E-state index in [9.17, 15) is 4.57 Å². The molecule has 0 aliphatic carbocycles. The highest BCUT2D eigenvalue weighted by atomic mass is 31.2. The van der Waals surface area contributed by atoms with Crippen LogP contribution in [-0.4, -0.2) is 5.11 Å². The highest BCUT2D eigenvalue weighted by molar-refractivity contribution is 7.49. The van der Waals surface area contributed by atoms with Crippen molar-refractivity contribution in [1.29, 1.82) is 0 Å². The molecule has 0 amide bonds. The minimum atomic E-state index is -3.89. The summed E-state index contributed by atoms with van der Waals surface area (Å²) in [4.78, 5) is 0. The Hall–Kier alpha value is -5.25. The zero-order valence-corrected chi connectivity index (χ0v) is 23.7. The molecule has 6 heteroatoms. The molecule has 5 nitrogen and oxygen atoms in total. The van der Waals surface area contributed by atoms with Crippen molar-refractivity contribution < 1.29 is 23.2 Å². The van der Waals surface area contributed by atoms with Crippen molar-refractivity contribution >= 4 is 7.82 Å². The number of phosphoric ester groups is 1. The summed E-state index contributed by atoms with van der Waals surface area (Å²) < 4.78 is 29.6. The van der Waals surface area contributed by atoms with Gasteiger partial charge in [0.05, 0.1) is 0 Å². The predicted octanol–water partition coefficient (Wildman–Crippen LogP) is 10.1. The molecule has 42 heavy (non-hydrogen) atoms. The van der Waals surface area contributed by atoms with Gasteiger partial charge in [0, 0.05) is 0 Å². The molecule has 0 aliphatic heterocycles. The van der Waals surface area contributed by atoms with Crippen LogP contribution in [0.4, 0.5) is 0 Å². The first-order chi connectivity index (χ1) is 20.6. The van der Waals surface area contributed by atoms with E-state index in [0.29, 0.717) is 23.0 Å². The first-order valence-electron chi connectivity index (χ1n) is 13.3. The molecular weight excluding hydrogens is 543 g/mol. The zero-order valence-electron chi connectivity index (χ0n) is 22.8. The van der Waals surface area contributed by atoms with E-state index in [4.69, 9.17) is 18.7 Å². The van der Waals surface area contributed by atoms with Gasteiger partial charge >= 0.3 is 7.82 Å². The summed E-state index contributed by atoms with van der Waals surface area (Å²) >= 11 is 0. The summed E-state index contributed by atoms with van der Waals surface area (Å²) in [6.07, 6.45) is 0. The summed E-state index contributed by atoms with van der Waals surface area (Å²) in [5.41, 5.74) is 2.55. The molecule has 0 spiro atoms. The Morgan fingerprint density at radius 2 is 0.595 bits per heavy atom. The van der Waals surface area contributed by atoms with Crippen molar-refractivity contribution in [2.75, 3.05) is 0 Å². The first kappa shape index (κ1) is 29.7. The molecule has 6 rings (SSSR count). The van der Waals surface area contributed by atoms with Crippen LogP contribution in [0.25, 0.3) is 11.1 Å². The Kier molecular flexibility index (Phi) is 11.4. The standard InChI is InChI=1S/C18H15O4P.C12H10.C6H6O/c19-23(20-16-10-4-1-5-11-16,21-17-12-6-2-7-13-17)22-18-14-8-3-9-15-18;1-3-7-11(8-4-1)12-9-5-2-6-10-12;7-6-4-2-1-3-5-6/h1-15H;1-10H;1-5,7H. The summed E-state index contributed by atoms with van der Waals surface area (Å²) in [6.45, 7) is 0. The van der Waals surface area contributed by atoms with E-state index in [1.807, 2.05) is 36.4 Å². The lowest BCUT2D eigenvalue weighted by Gasteiger charge is -2.19. The maximum absolute atomic E-state index is 13.1. The Bertz CT molecular complexity index is 1460. The summed E-state index contributed by atoms with van der Waals surface area (Å²) in [5.74, 6) is 1.54. The van der Waals surface area contributed by atoms with Crippen molar-refractivity contribution in [2.45, 2.75) is 0 Å². The van der Waals surface area contributed by atoms with Crippen LogP contribution in [0.1, 0.15) is 0 Å². The Balaban J connectivity index is 0.000000175. The third-order valence-corrected chi connectivity index (χ3v) is 6.82. The topological polar surface area (TPSA) is 65.0 Å². The SMILES string of the molecule is O=P(Oc1ccccc1)(Oc1ccccc1)Oc1ccccc1.Oc1ccccc1.c1ccc(-c2ccccc2)cc1. The van der Waals surface area contributed by atoms with Gasteiger partial charge in [-0.2, -0.15) is 4.57 Å². The molecular formula is C36H31O5P. The minimum Gasteiger partial charge on any atom is -0.508 e. The molecule has 0 aliphatic rings. The third-order valence-electron chi connectivity index (χ3n) is 5.52. The van der Waals surface area contributed by atoms with Crippen LogP contribution in [0, 0.1) is 0 Å². The molecule has 210 valence electrons. The Morgan fingerprint density at radius 1 is 0.357 bits per heavy atom. The number of rotatable bonds is 7. The van der Waals surface area contributed by atoms with Crippen LogP contribution < -0.4 is 13.6 Å². The molecule has 0 aromatic heterocycles. The van der Waals surface area contributed by atoms with Gasteiger partial charge in [-0.15, -0.1) is 0 Å². The molecule has 6 aromatic rings. The van der Waals surface area contributed by atoms with Crippen LogP contribution in [-0.2, 0) is 4.57 Å². The van der Waals surface area contributed by atoms with Crippen LogP contribution in [0.5, 0.6) is 23.0 Å². The molecule has 0 saturated heterocycles. The second kappa shape index (κ2) is 16.1. The number of phenols is 1. The van der Waals surface area contributed by atoms with Gasteiger partial charge in [0.25, 0.3) is 0 Å². The average Bonchev–Trinajstić information content (AvgIpc) is 3.04. The van der Waals surface area contributed by atoms with Crippen LogP contribution >= 0.6 is 7.82 Å². The number of para-hydroxylation sites is 4. The molecule has 6 aromatic carbocycles. The van der Waals surface area contributed by atoms with E-state index in [1.54, 1.807) is 97.1 Å². The van der Waals surface area contributed by atoms with Crippen molar-refractivity contribution in [3.05, 3.63) is 182 Å². The number of aromatic hydroxyl groups is 1. The minimum absolute atomic E-state index is 0.322. The van der Waals surface area contributed by atoms with E-state index in [1.165, 1.54) is 11.1 Å². The third kappa shape index (κ3) is 10.4. The fourth-order valence-electron chi connectivity index (χ4n) is 3.58. The van der Waals surface area contributed by atoms with Gasteiger partial charge in [0.15, 0.2) is 0 Å². The zero-order chi connectivity index (χ0) is 29.3. The molecule has 0 saturated carbocycles. The van der Waals surface area contributed by atoms with Gasteiger partial charge in [0.1, 0.15) is 23.0 Å². The van der Waals surface area contributed by atoms with Gasteiger partial charge < -0.3 is 18.7 Å². The van der Waals surface area contributed by atoms with Crippen molar-refractivity contribution in [3.8, 4) is 34.1 Å². The van der Waals surface area contributed by atoms with E-state index < -0.39 is 7.82 Å². The van der Waals surface area contributed by atoms with Gasteiger partial charge in [0.2, 0.25) is 0 Å². The maximum Gasteiger partial charge on any atom is 0.647 e. The molecule has 1 N–H and O–H groups in total. The van der Waals surface area contributed by atoms with E-state index >= 15 is 0 Å². The lowest BCUT2D eigenvalue weighted by atomic mass is 10.1. The molecule has 0 heterocycles. The lowest BCUT2D eigenvalue weighted by molar-refractivity contribution is 0.298. The van der Waals surface area contributed by atoms with E-state index in [2.05, 4.69) is 48.5 Å². The van der Waals surface area contributed by atoms with Crippen molar-refractivity contribution in [3.63, 3.8) is 0 Å². The quantitative estimate of drug-likeness (QED) is 0.192. The smallest absolute Gasteiger partial charge is 0.508 e. The predicted molar refractivity (Wildman–Crippen MR) is 169 cm³/mol. The monoisotopic (exact) mass is 574 g/mol. The number of benzene rings is 6. The molecule has 0 radical (unpaired) electrons. The molecule has 0 atom stereocenters. The highest BCUT2D eigenvalue weighted by Gasteiger charge is 2.33. The second-order valence-electron chi connectivity index (χ2n) is 8.73. The molecule has 0 fully saturated rings. The molecule has 0 bridgehead atoms. The summed E-state index contributed by atoms with van der Waals surface area (Å²) in [5, 5.41) is 8.63. The average molecular weight is 575 g/mol. The van der Waals surface area contributed by atoms with E-state index in [-0.39, 0.29) is 0 Å². The number of hydrogen-bond donors (Lipinski definition) is 1. The Morgan fingerprint density at radius 3 is 0.833 bits per heavy atom. The maximum atomic E-state index is 13.1. The summed E-state index contributed by atoms with van der Waals surface area (Å²) in [7, 11) is -3.89. The van der Waals surface area contributed by atoms with E-state index in [0.717, 1.165) is 0 Å². The van der Waals surface area contributed by atoms with Gasteiger partial charge in [-0.3, -0.25) is 0 Å². The van der Waals surface area contributed by atoms with Crippen molar-refractivity contribution in [2.24, 2.45) is 0 Å². The van der Waals surface area contributed by atoms with Crippen LogP contribution in [0.2, 0.25) is 0 Å². The lowest BCUT2D eigenvalue weighted by Crippen LogP contribution is -2.07. The highest BCUT2D eigenvalue weighted by Crippen LogP contribution is 2.49. The normalized spacial score (nSPS) is 10.1. The van der Waals surface area contributed by atoms with Crippen LogP contribution in [0.3, 0.4) is 0 Å². The van der Waals surface area contributed by atoms with Crippen LogP contribution in [0.15, 0.2) is 182 Å². The second-order valence-corrected chi connectivity index (χ2v) is 10.2. The van der Waals surface area contributed by atoms with Gasteiger partial charge in [-0.1, -0.05) is 133 Å². The largest absolute Gasteiger partial charge is 0.647 e.